The molecule has 8 heteroatoms. The second-order valence-electron chi connectivity index (χ2n) is 8.65. The summed E-state index contributed by atoms with van der Waals surface area (Å²) in [6, 6.07) is 3.29. The first-order valence-corrected chi connectivity index (χ1v) is 10.8. The van der Waals surface area contributed by atoms with Crippen molar-refractivity contribution in [3.63, 3.8) is 0 Å². The molecule has 3 aromatic rings. The van der Waals surface area contributed by atoms with Crippen LogP contribution in [0.5, 0.6) is 0 Å². The van der Waals surface area contributed by atoms with Gasteiger partial charge in [-0.25, -0.2) is 5.43 Å². The molecule has 0 radical (unpaired) electrons. The Kier molecular flexibility index (Phi) is 4.94. The van der Waals surface area contributed by atoms with Crippen LogP contribution in [0.25, 0.3) is 22.2 Å². The van der Waals surface area contributed by atoms with Crippen molar-refractivity contribution in [2.75, 3.05) is 0 Å². The van der Waals surface area contributed by atoms with Crippen LogP contribution in [0, 0.1) is 5.92 Å². The fourth-order valence-corrected chi connectivity index (χ4v) is 4.90. The monoisotopic (exact) mass is 418 g/mol. The Morgan fingerprint density at radius 3 is 2.84 bits per heavy atom. The number of benzene rings is 1. The van der Waals surface area contributed by atoms with Crippen LogP contribution in [0.1, 0.15) is 53.6 Å². The minimum absolute atomic E-state index is 0.0305. The molecule has 1 fully saturated rings. The Labute approximate surface area is 179 Å². The number of carbonyl (C=O) groups excluding carboxylic acids is 2. The maximum absolute atomic E-state index is 12.9. The molecule has 1 saturated carbocycles. The molecule has 1 amide bonds. The number of H-pyrrole nitrogens is 1. The third-order valence-electron chi connectivity index (χ3n) is 6.50. The van der Waals surface area contributed by atoms with Gasteiger partial charge in [0.15, 0.2) is 5.78 Å². The lowest BCUT2D eigenvalue weighted by molar-refractivity contribution is -0.121. The van der Waals surface area contributed by atoms with Crippen molar-refractivity contribution in [3.8, 4) is 11.3 Å². The summed E-state index contributed by atoms with van der Waals surface area (Å²) in [4.78, 5) is 29.0. The first-order chi connectivity index (χ1) is 15.0. The normalized spacial score (nSPS) is 17.5. The number of carbonyl (C=O) groups is 2. The van der Waals surface area contributed by atoms with E-state index in [0.717, 1.165) is 59.0 Å². The van der Waals surface area contributed by atoms with Crippen molar-refractivity contribution in [1.29, 1.82) is 0 Å². The maximum atomic E-state index is 12.9. The molecule has 31 heavy (non-hydrogen) atoms. The van der Waals surface area contributed by atoms with E-state index >= 15 is 0 Å². The minimum atomic E-state index is -0.447. The van der Waals surface area contributed by atoms with Gasteiger partial charge >= 0.3 is 0 Å². The fraction of sp³-hybridized carbons (Fsp3) is 0.391. The van der Waals surface area contributed by atoms with Crippen LogP contribution < -0.4 is 11.2 Å². The van der Waals surface area contributed by atoms with Crippen molar-refractivity contribution in [1.82, 2.24) is 20.2 Å². The van der Waals surface area contributed by atoms with Gasteiger partial charge in [0.05, 0.1) is 29.7 Å². The van der Waals surface area contributed by atoms with E-state index in [2.05, 4.69) is 20.6 Å². The van der Waals surface area contributed by atoms with Crippen molar-refractivity contribution >= 4 is 28.8 Å². The number of aromatic amines is 1. The standard InChI is InChI=1S/C23H26N6O2/c1-29-12-15(10-26-29)22-17-11-25-28-23(31)16-7-13(8-18(27-22)20(16)17)9-19(30)21(24)14-5-3-2-4-6-14/h7-8,10-12,14,21,27H,2-6,9,24H2,1H3,(H,28,31)/t21-/m1/s1. The molecule has 4 N–H and O–H groups in total. The smallest absolute Gasteiger partial charge is 0.272 e. The number of hydrogen-bond donors (Lipinski definition) is 3. The van der Waals surface area contributed by atoms with Gasteiger partial charge in [-0.2, -0.15) is 10.2 Å². The lowest BCUT2D eigenvalue weighted by atomic mass is 9.81. The lowest BCUT2D eigenvalue weighted by Crippen LogP contribution is -2.40. The average Bonchev–Trinajstić information content (AvgIpc) is 3.31. The van der Waals surface area contributed by atoms with Gasteiger partial charge in [0, 0.05) is 41.7 Å². The highest BCUT2D eigenvalue weighted by Gasteiger charge is 2.27. The molecule has 3 heterocycles. The van der Waals surface area contributed by atoms with E-state index in [1.165, 1.54) is 6.42 Å². The molecule has 1 aliphatic heterocycles. The summed E-state index contributed by atoms with van der Waals surface area (Å²) in [7, 11) is 1.85. The predicted octanol–water partition coefficient (Wildman–Crippen LogP) is 2.66. The Bertz CT molecular complexity index is 1200. The molecule has 0 spiro atoms. The van der Waals surface area contributed by atoms with Gasteiger partial charge in [-0.1, -0.05) is 19.3 Å². The Hall–Kier alpha value is -3.26. The van der Waals surface area contributed by atoms with E-state index in [4.69, 9.17) is 5.73 Å². The second kappa shape index (κ2) is 7.77. The van der Waals surface area contributed by atoms with Gasteiger partial charge < -0.3 is 10.7 Å². The predicted molar refractivity (Wildman–Crippen MR) is 119 cm³/mol. The van der Waals surface area contributed by atoms with Crippen LogP contribution in [0.2, 0.25) is 0 Å². The van der Waals surface area contributed by atoms with Crippen LogP contribution in [0.3, 0.4) is 0 Å². The molecular weight excluding hydrogens is 392 g/mol. The zero-order valence-corrected chi connectivity index (χ0v) is 17.5. The molecule has 1 aliphatic carbocycles. The number of nitrogens with zero attached hydrogens (tertiary/aromatic N) is 3. The topological polar surface area (TPSA) is 118 Å². The third kappa shape index (κ3) is 3.57. The van der Waals surface area contributed by atoms with E-state index in [0.29, 0.717) is 5.56 Å². The first kappa shape index (κ1) is 19.7. The van der Waals surface area contributed by atoms with Crippen LogP contribution in [0.15, 0.2) is 29.6 Å². The summed E-state index contributed by atoms with van der Waals surface area (Å²) in [5.41, 5.74) is 13.5. The Balaban J connectivity index is 1.53. The molecule has 0 saturated heterocycles. The molecule has 2 aliphatic rings. The van der Waals surface area contributed by atoms with Gasteiger partial charge in [-0.15, -0.1) is 0 Å². The van der Waals surface area contributed by atoms with E-state index in [1.807, 2.05) is 19.3 Å². The maximum Gasteiger partial charge on any atom is 0.272 e. The Morgan fingerprint density at radius 2 is 2.10 bits per heavy atom. The number of hydrogen-bond acceptors (Lipinski definition) is 5. The highest BCUT2D eigenvalue weighted by atomic mass is 16.2. The van der Waals surface area contributed by atoms with Gasteiger partial charge in [-0.3, -0.25) is 14.3 Å². The average molecular weight is 419 g/mol. The first-order valence-electron chi connectivity index (χ1n) is 10.8. The van der Waals surface area contributed by atoms with Crippen LogP contribution in [-0.2, 0) is 18.3 Å². The number of nitrogens with one attached hydrogen (secondary N) is 2. The van der Waals surface area contributed by atoms with E-state index in [-0.39, 0.29) is 24.0 Å². The number of nitrogens with two attached hydrogens (primary N) is 1. The summed E-state index contributed by atoms with van der Waals surface area (Å²) in [5.74, 6) is 0.00288. The SMILES string of the molecule is Cn1cc(-c2[nH]c3cc(CC(=O)[C@H](N)C4CCCCC4)cc4c3c2C=NNC4=O)cn1. The van der Waals surface area contributed by atoms with Gasteiger partial charge in [-0.05, 0) is 36.5 Å². The summed E-state index contributed by atoms with van der Waals surface area (Å²) in [5, 5.41) is 9.12. The van der Waals surface area contributed by atoms with Gasteiger partial charge in [0.2, 0.25) is 0 Å². The molecule has 0 unspecified atom stereocenters. The van der Waals surface area contributed by atoms with E-state index < -0.39 is 6.04 Å². The molecule has 0 bridgehead atoms. The zero-order valence-electron chi connectivity index (χ0n) is 17.5. The van der Waals surface area contributed by atoms with E-state index in [1.54, 1.807) is 23.2 Å². The number of ketones is 1. The zero-order chi connectivity index (χ0) is 21.5. The molecule has 1 aromatic carbocycles. The second-order valence-corrected chi connectivity index (χ2v) is 8.65. The largest absolute Gasteiger partial charge is 0.354 e. The summed E-state index contributed by atoms with van der Waals surface area (Å²) in [6.07, 6.45) is 11.1. The summed E-state index contributed by atoms with van der Waals surface area (Å²) < 4.78 is 1.72. The van der Waals surface area contributed by atoms with Gasteiger partial charge in [0.1, 0.15) is 0 Å². The van der Waals surface area contributed by atoms with E-state index in [9.17, 15) is 9.59 Å². The Morgan fingerprint density at radius 1 is 1.29 bits per heavy atom. The molecule has 160 valence electrons. The highest BCUT2D eigenvalue weighted by Crippen LogP contribution is 2.34. The molecule has 8 nitrogen and oxygen atoms in total. The van der Waals surface area contributed by atoms with Crippen LogP contribution >= 0.6 is 0 Å². The highest BCUT2D eigenvalue weighted by molar-refractivity contribution is 6.17. The van der Waals surface area contributed by atoms with Crippen molar-refractivity contribution in [2.45, 2.75) is 44.6 Å². The quantitative estimate of drug-likeness (QED) is 0.590. The number of aromatic nitrogens is 3. The number of rotatable bonds is 5. The van der Waals surface area contributed by atoms with Crippen molar-refractivity contribution < 1.29 is 9.59 Å². The van der Waals surface area contributed by atoms with Gasteiger partial charge in [0.25, 0.3) is 5.91 Å². The number of hydrazone groups is 1. The number of aryl methyl sites for hydroxylation is 1. The van der Waals surface area contributed by atoms with Crippen molar-refractivity contribution in [2.24, 2.45) is 23.8 Å². The third-order valence-corrected chi connectivity index (χ3v) is 6.50. The molecule has 2 aromatic heterocycles. The van der Waals surface area contributed by atoms with Crippen LogP contribution in [-0.4, -0.2) is 38.7 Å². The summed E-state index contributed by atoms with van der Waals surface area (Å²) in [6.45, 7) is 0. The lowest BCUT2D eigenvalue weighted by Gasteiger charge is -2.26. The number of Topliss-reactive ketones (excluding diaryl/α,β-unsaturated/α-hetero) is 1. The fourth-order valence-electron chi connectivity index (χ4n) is 4.90. The molecule has 5 rings (SSSR count). The summed E-state index contributed by atoms with van der Waals surface area (Å²) >= 11 is 0. The minimum Gasteiger partial charge on any atom is -0.354 e. The van der Waals surface area contributed by atoms with Crippen LogP contribution in [0.4, 0.5) is 0 Å². The number of amides is 1. The molecular formula is C23H26N6O2. The van der Waals surface area contributed by atoms with Crippen molar-refractivity contribution in [3.05, 3.63) is 41.2 Å². The molecule has 1 atom stereocenters.